The summed E-state index contributed by atoms with van der Waals surface area (Å²) in [6.07, 6.45) is -0.0210. The standard InChI is InChI=1S/C16H20N2O4/c1-2-21-15(19)13-10-18(9-8-14(13)17)16(20)22-11-12-6-4-3-5-7-12/h3-7H,2,8-11,17H2,1H3. The Labute approximate surface area is 129 Å². The molecule has 1 aromatic carbocycles. The van der Waals surface area contributed by atoms with Gasteiger partial charge in [-0.2, -0.15) is 0 Å². The molecule has 0 saturated carbocycles. The largest absolute Gasteiger partial charge is 0.463 e. The van der Waals surface area contributed by atoms with Crippen molar-refractivity contribution >= 4 is 12.1 Å². The Hall–Kier alpha value is -2.50. The monoisotopic (exact) mass is 304 g/mol. The first-order valence-corrected chi connectivity index (χ1v) is 7.22. The molecular formula is C16H20N2O4. The van der Waals surface area contributed by atoms with Crippen molar-refractivity contribution in [3.63, 3.8) is 0 Å². The second-order valence-electron chi connectivity index (χ2n) is 4.94. The Bertz CT molecular complexity index is 569. The van der Waals surface area contributed by atoms with Gasteiger partial charge in [-0.1, -0.05) is 30.3 Å². The fourth-order valence-corrected chi connectivity index (χ4v) is 2.16. The third-order valence-electron chi connectivity index (χ3n) is 3.37. The molecular weight excluding hydrogens is 284 g/mol. The van der Waals surface area contributed by atoms with Gasteiger partial charge < -0.3 is 20.1 Å². The summed E-state index contributed by atoms with van der Waals surface area (Å²) >= 11 is 0. The average Bonchev–Trinajstić information content (AvgIpc) is 2.54. The van der Waals surface area contributed by atoms with Crippen LogP contribution in [0, 0.1) is 0 Å². The molecule has 0 spiro atoms. The minimum atomic E-state index is -0.472. The quantitative estimate of drug-likeness (QED) is 0.858. The van der Waals surface area contributed by atoms with Gasteiger partial charge in [0, 0.05) is 18.7 Å². The van der Waals surface area contributed by atoms with Crippen molar-refractivity contribution in [1.82, 2.24) is 4.90 Å². The molecule has 1 aromatic rings. The van der Waals surface area contributed by atoms with Crippen LogP contribution >= 0.6 is 0 Å². The lowest BCUT2D eigenvalue weighted by atomic mass is 10.1. The maximum absolute atomic E-state index is 12.1. The highest BCUT2D eigenvalue weighted by Gasteiger charge is 2.27. The van der Waals surface area contributed by atoms with E-state index in [1.165, 1.54) is 4.90 Å². The fourth-order valence-electron chi connectivity index (χ4n) is 2.16. The van der Waals surface area contributed by atoms with E-state index in [-0.39, 0.29) is 19.8 Å². The van der Waals surface area contributed by atoms with Crippen molar-refractivity contribution in [3.8, 4) is 0 Å². The Morgan fingerprint density at radius 3 is 2.64 bits per heavy atom. The zero-order valence-corrected chi connectivity index (χ0v) is 12.6. The normalized spacial score (nSPS) is 14.7. The van der Waals surface area contributed by atoms with Gasteiger partial charge in [0.05, 0.1) is 18.7 Å². The van der Waals surface area contributed by atoms with Crippen molar-refractivity contribution in [2.24, 2.45) is 5.73 Å². The van der Waals surface area contributed by atoms with E-state index in [0.717, 1.165) is 5.56 Å². The van der Waals surface area contributed by atoms with Gasteiger partial charge in [0.1, 0.15) is 6.61 Å². The number of ether oxygens (including phenoxy) is 2. The highest BCUT2D eigenvalue weighted by Crippen LogP contribution is 2.17. The Morgan fingerprint density at radius 1 is 1.23 bits per heavy atom. The first kappa shape index (κ1) is 15.9. The van der Waals surface area contributed by atoms with Gasteiger partial charge in [-0.25, -0.2) is 9.59 Å². The van der Waals surface area contributed by atoms with Crippen LogP contribution in [0.15, 0.2) is 41.6 Å². The molecule has 0 unspecified atom stereocenters. The number of benzene rings is 1. The van der Waals surface area contributed by atoms with Gasteiger partial charge in [-0.3, -0.25) is 0 Å². The summed E-state index contributed by atoms with van der Waals surface area (Å²) in [4.78, 5) is 25.4. The van der Waals surface area contributed by atoms with Crippen LogP contribution in [0.25, 0.3) is 0 Å². The van der Waals surface area contributed by atoms with E-state index < -0.39 is 12.1 Å². The first-order chi connectivity index (χ1) is 10.6. The number of nitrogens with two attached hydrogens (primary N) is 1. The summed E-state index contributed by atoms with van der Waals surface area (Å²) in [6.45, 7) is 2.75. The predicted molar refractivity (Wildman–Crippen MR) is 80.7 cm³/mol. The van der Waals surface area contributed by atoms with Crippen molar-refractivity contribution in [1.29, 1.82) is 0 Å². The molecule has 6 heteroatoms. The van der Waals surface area contributed by atoms with E-state index in [4.69, 9.17) is 15.2 Å². The smallest absolute Gasteiger partial charge is 0.410 e. The number of amides is 1. The lowest BCUT2D eigenvalue weighted by Gasteiger charge is -2.28. The maximum Gasteiger partial charge on any atom is 0.410 e. The third kappa shape index (κ3) is 4.00. The van der Waals surface area contributed by atoms with Crippen LogP contribution in [-0.4, -0.2) is 36.7 Å². The molecule has 0 radical (unpaired) electrons. The zero-order valence-electron chi connectivity index (χ0n) is 12.6. The van der Waals surface area contributed by atoms with Gasteiger partial charge in [0.2, 0.25) is 0 Å². The second kappa shape index (κ2) is 7.49. The van der Waals surface area contributed by atoms with Crippen molar-refractivity contribution < 1.29 is 19.1 Å². The van der Waals surface area contributed by atoms with Crippen LogP contribution in [0.1, 0.15) is 18.9 Å². The SMILES string of the molecule is CCOC(=O)C1=C(N)CCN(C(=O)OCc2ccccc2)C1. The molecule has 0 atom stereocenters. The summed E-state index contributed by atoms with van der Waals surface area (Å²) < 4.78 is 10.2. The second-order valence-corrected chi connectivity index (χ2v) is 4.94. The van der Waals surface area contributed by atoms with Crippen LogP contribution < -0.4 is 5.73 Å². The molecule has 1 amide bonds. The van der Waals surface area contributed by atoms with Crippen LogP contribution in [0.3, 0.4) is 0 Å². The summed E-state index contributed by atoms with van der Waals surface area (Å²) in [5, 5.41) is 0. The van der Waals surface area contributed by atoms with Gasteiger partial charge in [-0.15, -0.1) is 0 Å². The Morgan fingerprint density at radius 2 is 1.95 bits per heavy atom. The number of esters is 1. The molecule has 0 aliphatic carbocycles. The van der Waals surface area contributed by atoms with Gasteiger partial charge in [0.15, 0.2) is 0 Å². The highest BCUT2D eigenvalue weighted by molar-refractivity contribution is 5.90. The van der Waals surface area contributed by atoms with Gasteiger partial charge in [-0.05, 0) is 12.5 Å². The topological polar surface area (TPSA) is 81.9 Å². The van der Waals surface area contributed by atoms with Crippen LogP contribution in [0.4, 0.5) is 4.79 Å². The molecule has 2 rings (SSSR count). The molecule has 2 N–H and O–H groups in total. The van der Waals surface area contributed by atoms with Gasteiger partial charge in [0.25, 0.3) is 0 Å². The van der Waals surface area contributed by atoms with Crippen LogP contribution in [0.2, 0.25) is 0 Å². The summed E-state index contributed by atoms with van der Waals surface area (Å²) in [6, 6.07) is 9.42. The lowest BCUT2D eigenvalue weighted by Crippen LogP contribution is -2.40. The van der Waals surface area contributed by atoms with Crippen LogP contribution in [-0.2, 0) is 20.9 Å². The Kier molecular flexibility index (Phi) is 5.41. The van der Waals surface area contributed by atoms with E-state index in [2.05, 4.69) is 0 Å². The number of carbonyl (C=O) groups excluding carboxylic acids is 2. The molecule has 0 fully saturated rings. The highest BCUT2D eigenvalue weighted by atomic mass is 16.6. The summed E-state index contributed by atoms with van der Waals surface area (Å²) in [7, 11) is 0. The summed E-state index contributed by atoms with van der Waals surface area (Å²) in [5.74, 6) is -0.472. The number of hydrogen-bond donors (Lipinski definition) is 1. The maximum atomic E-state index is 12.1. The molecule has 1 aliphatic rings. The molecule has 1 aliphatic heterocycles. The number of nitrogens with zero attached hydrogens (tertiary/aromatic N) is 1. The zero-order chi connectivity index (χ0) is 15.9. The third-order valence-corrected chi connectivity index (χ3v) is 3.37. The van der Waals surface area contributed by atoms with E-state index in [1.807, 2.05) is 30.3 Å². The summed E-state index contributed by atoms with van der Waals surface area (Å²) in [5.41, 5.74) is 7.56. The van der Waals surface area contributed by atoms with Gasteiger partial charge >= 0.3 is 12.1 Å². The molecule has 1 heterocycles. The van der Waals surface area contributed by atoms with Crippen molar-refractivity contribution in [2.45, 2.75) is 20.0 Å². The molecule has 0 saturated heterocycles. The predicted octanol–water partition coefficient (Wildman–Crippen LogP) is 1.80. The number of carbonyl (C=O) groups is 2. The first-order valence-electron chi connectivity index (χ1n) is 7.22. The van der Waals surface area contributed by atoms with E-state index in [1.54, 1.807) is 6.92 Å². The van der Waals surface area contributed by atoms with E-state index in [9.17, 15) is 9.59 Å². The minimum absolute atomic E-state index is 0.123. The van der Waals surface area contributed by atoms with Crippen LogP contribution in [0.5, 0.6) is 0 Å². The number of rotatable bonds is 4. The molecule has 0 bridgehead atoms. The molecule has 118 valence electrons. The van der Waals surface area contributed by atoms with E-state index in [0.29, 0.717) is 24.2 Å². The fraction of sp³-hybridized carbons (Fsp3) is 0.375. The molecule has 0 aromatic heterocycles. The lowest BCUT2D eigenvalue weighted by molar-refractivity contribution is -0.138. The molecule has 6 nitrogen and oxygen atoms in total. The van der Waals surface area contributed by atoms with Crippen molar-refractivity contribution in [2.75, 3.05) is 19.7 Å². The average molecular weight is 304 g/mol. The van der Waals surface area contributed by atoms with Crippen molar-refractivity contribution in [3.05, 3.63) is 47.2 Å². The minimum Gasteiger partial charge on any atom is -0.463 e. The molecule has 22 heavy (non-hydrogen) atoms. The van der Waals surface area contributed by atoms with E-state index >= 15 is 0 Å². The number of hydrogen-bond acceptors (Lipinski definition) is 5. The Balaban J connectivity index is 1.93.